The molecule has 0 saturated carbocycles. The molecule has 0 spiro atoms. The molecule has 9 nitrogen and oxygen atoms in total. The van der Waals surface area contributed by atoms with E-state index in [1.807, 2.05) is 0 Å². The minimum absolute atomic E-state index is 0.217. The average molecular weight is 350 g/mol. The summed E-state index contributed by atoms with van der Waals surface area (Å²) in [6.07, 6.45) is -0.663. The van der Waals surface area contributed by atoms with Crippen molar-refractivity contribution in [1.29, 1.82) is 0 Å². The number of carbonyl (C=O) groups excluding carboxylic acids is 3. The fraction of sp³-hybridized carbons (Fsp3) is 0.800. The largest absolute Gasteiger partial charge is 0.438 e. The second-order valence-electron chi connectivity index (χ2n) is 4.43. The van der Waals surface area contributed by atoms with E-state index in [0.29, 0.717) is 19.8 Å². The summed E-state index contributed by atoms with van der Waals surface area (Å²) in [6.45, 7) is 5.68. The molecule has 24 heavy (non-hydrogen) atoms. The van der Waals surface area contributed by atoms with Crippen LogP contribution in [-0.4, -0.2) is 58.1 Å². The molecule has 0 heterocycles. The van der Waals surface area contributed by atoms with E-state index >= 15 is 0 Å². The molecular weight excluding hydrogens is 324 g/mol. The molecule has 140 valence electrons. The quantitative estimate of drug-likeness (QED) is 0.196. The van der Waals surface area contributed by atoms with Gasteiger partial charge in [-0.15, -0.1) is 0 Å². The summed E-state index contributed by atoms with van der Waals surface area (Å²) in [5.41, 5.74) is 0. The Morgan fingerprint density at radius 3 is 1.42 bits per heavy atom. The van der Waals surface area contributed by atoms with Gasteiger partial charge in [0.2, 0.25) is 0 Å². The first-order chi connectivity index (χ1) is 11.5. The third-order valence-electron chi connectivity index (χ3n) is 2.66. The fourth-order valence-corrected chi connectivity index (χ4v) is 1.44. The number of hydrogen-bond donors (Lipinski definition) is 0. The van der Waals surface area contributed by atoms with Crippen LogP contribution in [0, 0.1) is 5.92 Å². The van der Waals surface area contributed by atoms with Crippen LogP contribution < -0.4 is 0 Å². The van der Waals surface area contributed by atoms with E-state index in [2.05, 4.69) is 0 Å². The zero-order chi connectivity index (χ0) is 18.2. The zero-order valence-electron chi connectivity index (χ0n) is 14.4. The van der Waals surface area contributed by atoms with E-state index in [1.165, 1.54) is 0 Å². The second-order valence-corrected chi connectivity index (χ2v) is 4.43. The monoisotopic (exact) mass is 350 g/mol. The van der Waals surface area contributed by atoms with E-state index in [-0.39, 0.29) is 33.2 Å². The summed E-state index contributed by atoms with van der Waals surface area (Å²) >= 11 is 0. The van der Waals surface area contributed by atoms with Crippen LogP contribution in [0.3, 0.4) is 0 Å². The van der Waals surface area contributed by atoms with Crippen LogP contribution in [0.2, 0.25) is 0 Å². The average Bonchev–Trinajstić information content (AvgIpc) is 2.55. The van der Waals surface area contributed by atoms with Crippen LogP contribution in [0.15, 0.2) is 0 Å². The second kappa shape index (κ2) is 14.9. The highest BCUT2D eigenvalue weighted by Crippen LogP contribution is 2.14. The van der Waals surface area contributed by atoms with Crippen molar-refractivity contribution in [3.05, 3.63) is 0 Å². The van der Waals surface area contributed by atoms with E-state index < -0.39 is 23.8 Å². The third kappa shape index (κ3) is 11.8. The lowest BCUT2D eigenvalue weighted by Crippen LogP contribution is -2.26. The van der Waals surface area contributed by atoms with Crippen molar-refractivity contribution < 1.29 is 42.8 Å². The van der Waals surface area contributed by atoms with Gasteiger partial charge in [-0.3, -0.25) is 14.4 Å². The van der Waals surface area contributed by atoms with Crippen molar-refractivity contribution in [1.82, 2.24) is 0 Å². The first-order valence-electron chi connectivity index (χ1n) is 7.76. The Morgan fingerprint density at radius 2 is 1.04 bits per heavy atom. The van der Waals surface area contributed by atoms with Gasteiger partial charge >= 0.3 is 17.9 Å². The normalized spacial score (nSPS) is 10.5. The predicted octanol–water partition coefficient (Wildman–Crippen LogP) is 0.994. The van der Waals surface area contributed by atoms with Gasteiger partial charge in [0.1, 0.15) is 0 Å². The first-order valence-corrected chi connectivity index (χ1v) is 7.76. The van der Waals surface area contributed by atoms with Gasteiger partial charge in [-0.05, 0) is 20.8 Å². The molecule has 0 amide bonds. The summed E-state index contributed by atoms with van der Waals surface area (Å²) in [6, 6.07) is 0. The smallest absolute Gasteiger partial charge is 0.312 e. The van der Waals surface area contributed by atoms with E-state index in [9.17, 15) is 14.4 Å². The maximum absolute atomic E-state index is 12.0. The molecule has 0 N–H and O–H groups in total. The molecular formula is C15H26O9. The topological polar surface area (TPSA) is 107 Å². The van der Waals surface area contributed by atoms with Gasteiger partial charge < -0.3 is 28.4 Å². The number of rotatable bonds is 14. The summed E-state index contributed by atoms with van der Waals surface area (Å²) < 4.78 is 29.1. The standard InChI is InChI=1S/C15H26O9/c1-4-19-9-22-13(16)7-12(15(18)24-11-21-6-3)8-14(17)23-10-20-5-2/h12H,4-11H2,1-3H3. The lowest BCUT2D eigenvalue weighted by Gasteiger charge is -2.15. The number of esters is 3. The van der Waals surface area contributed by atoms with Gasteiger partial charge in [-0.25, -0.2) is 0 Å². The molecule has 0 bridgehead atoms. The summed E-state index contributed by atoms with van der Waals surface area (Å²) in [5, 5.41) is 0. The number of carbonyl (C=O) groups is 3. The summed E-state index contributed by atoms with van der Waals surface area (Å²) in [7, 11) is 0. The molecule has 9 heteroatoms. The highest BCUT2D eigenvalue weighted by molar-refractivity contribution is 5.84. The molecule has 0 aromatic rings. The summed E-state index contributed by atoms with van der Waals surface area (Å²) in [4.78, 5) is 35.3. The Hall–Kier alpha value is -1.71. The molecule has 0 atom stereocenters. The molecule has 0 fully saturated rings. The van der Waals surface area contributed by atoms with Gasteiger partial charge in [0.25, 0.3) is 0 Å². The van der Waals surface area contributed by atoms with E-state index in [1.54, 1.807) is 20.8 Å². The number of ether oxygens (including phenoxy) is 6. The van der Waals surface area contributed by atoms with Crippen molar-refractivity contribution in [3.63, 3.8) is 0 Å². The van der Waals surface area contributed by atoms with Gasteiger partial charge in [0, 0.05) is 19.8 Å². The molecule has 0 radical (unpaired) electrons. The lowest BCUT2D eigenvalue weighted by molar-refractivity contribution is -0.172. The lowest BCUT2D eigenvalue weighted by atomic mass is 10.0. The van der Waals surface area contributed by atoms with Gasteiger partial charge in [0.15, 0.2) is 20.4 Å². The Bertz CT molecular complexity index is 346. The number of hydrogen-bond acceptors (Lipinski definition) is 9. The highest BCUT2D eigenvalue weighted by atomic mass is 16.7. The van der Waals surface area contributed by atoms with Crippen molar-refractivity contribution in [2.24, 2.45) is 5.92 Å². The fourth-order valence-electron chi connectivity index (χ4n) is 1.44. The molecule has 0 unspecified atom stereocenters. The molecule has 0 saturated heterocycles. The van der Waals surface area contributed by atoms with Crippen LogP contribution in [0.1, 0.15) is 33.6 Å². The van der Waals surface area contributed by atoms with Gasteiger partial charge in [-0.2, -0.15) is 0 Å². The zero-order valence-corrected chi connectivity index (χ0v) is 14.4. The van der Waals surface area contributed by atoms with Crippen LogP contribution in [0.5, 0.6) is 0 Å². The van der Waals surface area contributed by atoms with Gasteiger partial charge in [0.05, 0.1) is 18.8 Å². The van der Waals surface area contributed by atoms with Crippen molar-refractivity contribution in [2.45, 2.75) is 33.6 Å². The molecule has 0 aromatic carbocycles. The minimum atomic E-state index is -1.03. The molecule has 0 rings (SSSR count). The molecule has 0 aromatic heterocycles. The Morgan fingerprint density at radius 1 is 0.667 bits per heavy atom. The summed E-state index contributed by atoms with van der Waals surface area (Å²) in [5.74, 6) is -3.14. The van der Waals surface area contributed by atoms with Crippen LogP contribution >= 0.6 is 0 Å². The molecule has 0 aliphatic rings. The SMILES string of the molecule is CCOCOC(=O)CC(CC(=O)OCOCC)C(=O)OCOCC. The van der Waals surface area contributed by atoms with Crippen molar-refractivity contribution >= 4 is 17.9 Å². The Kier molecular flexibility index (Phi) is 13.8. The van der Waals surface area contributed by atoms with Crippen LogP contribution in [0.4, 0.5) is 0 Å². The third-order valence-corrected chi connectivity index (χ3v) is 2.66. The Balaban J connectivity index is 4.49. The molecule has 0 aliphatic heterocycles. The van der Waals surface area contributed by atoms with Crippen molar-refractivity contribution in [2.75, 3.05) is 40.2 Å². The maximum Gasteiger partial charge on any atom is 0.312 e. The van der Waals surface area contributed by atoms with E-state index in [4.69, 9.17) is 28.4 Å². The first kappa shape index (κ1) is 22.3. The van der Waals surface area contributed by atoms with Crippen molar-refractivity contribution in [3.8, 4) is 0 Å². The Labute approximate surface area is 141 Å². The van der Waals surface area contributed by atoms with Gasteiger partial charge in [-0.1, -0.05) is 0 Å². The predicted molar refractivity (Wildman–Crippen MR) is 80.5 cm³/mol. The maximum atomic E-state index is 12.0. The minimum Gasteiger partial charge on any atom is -0.438 e. The van der Waals surface area contributed by atoms with E-state index in [0.717, 1.165) is 0 Å². The van der Waals surface area contributed by atoms with Crippen LogP contribution in [-0.2, 0) is 42.8 Å². The molecule has 0 aliphatic carbocycles. The van der Waals surface area contributed by atoms with Crippen LogP contribution in [0.25, 0.3) is 0 Å². The highest BCUT2D eigenvalue weighted by Gasteiger charge is 2.28.